The summed E-state index contributed by atoms with van der Waals surface area (Å²) in [6, 6.07) is 13.3. The monoisotopic (exact) mass is 698 g/mol. The van der Waals surface area contributed by atoms with Gasteiger partial charge in [-0.25, -0.2) is 18.2 Å². The van der Waals surface area contributed by atoms with Gasteiger partial charge in [-0.15, -0.1) is 11.3 Å². The van der Waals surface area contributed by atoms with Crippen LogP contribution in [0.4, 0.5) is 4.79 Å². The maximum Gasteiger partial charge on any atom is 0.321 e. The molecule has 0 aliphatic carbocycles. The van der Waals surface area contributed by atoms with E-state index in [2.05, 4.69) is 15.5 Å². The largest absolute Gasteiger partial charge is 0.411 e. The van der Waals surface area contributed by atoms with Gasteiger partial charge in [0, 0.05) is 31.6 Å². The van der Waals surface area contributed by atoms with Crippen LogP contribution in [0.2, 0.25) is 0 Å². The lowest BCUT2D eigenvalue weighted by molar-refractivity contribution is -0.128. The van der Waals surface area contributed by atoms with Crippen molar-refractivity contribution < 1.29 is 28.3 Å². The minimum absolute atomic E-state index is 0.0267. The fourth-order valence-electron chi connectivity index (χ4n) is 5.86. The molecule has 1 saturated heterocycles. The number of sulfonamides is 1. The Morgan fingerprint density at radius 3 is 2.35 bits per heavy atom. The predicted octanol–water partition coefficient (Wildman–Crippen LogP) is 3.96. The molecule has 3 aromatic rings. The minimum Gasteiger partial charge on any atom is -0.411 e. The van der Waals surface area contributed by atoms with Crippen LogP contribution in [0.25, 0.3) is 0 Å². The van der Waals surface area contributed by atoms with Crippen molar-refractivity contribution in [3.8, 4) is 0 Å². The van der Waals surface area contributed by atoms with Crippen molar-refractivity contribution in [1.29, 1.82) is 0 Å². The standard InChI is InChI=1S/C34H46N6O6S2/c1-23(2)19-39(48(45,46)29-13-11-27(12-14-29)18-35-44)21-31(41)30(17-26-9-7-6-8-10-26)37-33(42)32(24(3)4)40-16-15-38(34(40)43)20-28-22-47-25(5)36-28/h6-14,18,22-24,30-32,41,44H,15-17,19-21H2,1-5H3,(H,37,42)/t30-,31+,32-/m0/s1. The molecule has 1 fully saturated rings. The number of nitrogens with one attached hydrogen (secondary N) is 1. The number of thiazole rings is 1. The van der Waals surface area contributed by atoms with Gasteiger partial charge in [-0.05, 0) is 48.4 Å². The average Bonchev–Trinajstić information content (AvgIpc) is 3.61. The Kier molecular flexibility index (Phi) is 12.7. The molecule has 1 aliphatic rings. The molecule has 4 rings (SSSR count). The third-order valence-corrected chi connectivity index (χ3v) is 10.8. The summed E-state index contributed by atoms with van der Waals surface area (Å²) in [6.07, 6.45) is 0.157. The number of aromatic nitrogens is 1. The predicted molar refractivity (Wildman–Crippen MR) is 185 cm³/mol. The van der Waals surface area contributed by atoms with Crippen molar-refractivity contribution in [1.82, 2.24) is 24.4 Å². The van der Waals surface area contributed by atoms with Crippen molar-refractivity contribution in [3.63, 3.8) is 0 Å². The van der Waals surface area contributed by atoms with Crippen LogP contribution >= 0.6 is 11.3 Å². The summed E-state index contributed by atoms with van der Waals surface area (Å²) >= 11 is 1.52. The van der Waals surface area contributed by atoms with Crippen LogP contribution < -0.4 is 5.32 Å². The van der Waals surface area contributed by atoms with Gasteiger partial charge in [-0.1, -0.05) is 75.3 Å². The number of benzene rings is 2. The molecule has 3 N–H and O–H groups in total. The van der Waals surface area contributed by atoms with E-state index in [1.807, 2.05) is 70.3 Å². The van der Waals surface area contributed by atoms with Crippen LogP contribution in [0.3, 0.4) is 0 Å². The molecule has 12 nitrogen and oxygen atoms in total. The molecule has 1 aliphatic heterocycles. The maximum absolute atomic E-state index is 14.1. The normalized spacial score (nSPS) is 16.0. The third-order valence-electron chi connectivity index (χ3n) is 8.16. The molecular formula is C34H46N6O6S2. The molecule has 0 bridgehead atoms. The number of carbonyl (C=O) groups excluding carboxylic acids is 2. The summed E-state index contributed by atoms with van der Waals surface area (Å²) in [5.41, 5.74) is 2.18. The lowest BCUT2D eigenvalue weighted by Gasteiger charge is -2.34. The number of amides is 3. The Morgan fingerprint density at radius 1 is 1.08 bits per heavy atom. The molecule has 2 heterocycles. The van der Waals surface area contributed by atoms with E-state index in [1.165, 1.54) is 46.1 Å². The number of aliphatic hydroxyl groups is 1. The summed E-state index contributed by atoms with van der Waals surface area (Å²) in [5.74, 6) is -0.705. The molecule has 3 amide bonds. The topological polar surface area (TPSA) is 156 Å². The molecule has 3 atom stereocenters. The molecule has 1 aromatic heterocycles. The lowest BCUT2D eigenvalue weighted by Crippen LogP contribution is -2.57. The van der Waals surface area contributed by atoms with Gasteiger partial charge < -0.3 is 25.4 Å². The number of rotatable bonds is 16. The average molecular weight is 699 g/mol. The smallest absolute Gasteiger partial charge is 0.321 e. The number of urea groups is 1. The first-order valence-electron chi connectivity index (χ1n) is 16.1. The Morgan fingerprint density at radius 2 is 1.77 bits per heavy atom. The molecule has 14 heteroatoms. The second-order valence-corrected chi connectivity index (χ2v) is 15.8. The number of nitrogens with zero attached hydrogens (tertiary/aromatic N) is 5. The lowest BCUT2D eigenvalue weighted by atomic mass is 9.97. The first-order chi connectivity index (χ1) is 22.8. The zero-order valence-electron chi connectivity index (χ0n) is 28.1. The van der Waals surface area contributed by atoms with E-state index in [1.54, 1.807) is 9.80 Å². The van der Waals surface area contributed by atoms with Crippen LogP contribution in [-0.2, 0) is 27.8 Å². The van der Waals surface area contributed by atoms with Gasteiger partial charge in [0.15, 0.2) is 0 Å². The van der Waals surface area contributed by atoms with Gasteiger partial charge in [0.2, 0.25) is 15.9 Å². The highest BCUT2D eigenvalue weighted by Gasteiger charge is 2.40. The Bertz CT molecular complexity index is 1650. The minimum atomic E-state index is -4.05. The van der Waals surface area contributed by atoms with E-state index in [-0.39, 0.29) is 42.3 Å². The maximum atomic E-state index is 14.1. The Labute approximate surface area is 287 Å². The van der Waals surface area contributed by atoms with Gasteiger partial charge in [0.05, 0.1) is 40.5 Å². The summed E-state index contributed by atoms with van der Waals surface area (Å²) in [4.78, 5) is 35.3. The molecular weight excluding hydrogens is 653 g/mol. The Hall–Kier alpha value is -3.85. The Balaban J connectivity index is 1.57. The molecule has 0 unspecified atom stereocenters. The summed E-state index contributed by atoms with van der Waals surface area (Å²) in [6.45, 7) is 10.5. The van der Waals surface area contributed by atoms with Gasteiger partial charge in [0.1, 0.15) is 6.04 Å². The first kappa shape index (κ1) is 37.0. The summed E-state index contributed by atoms with van der Waals surface area (Å²) in [5, 5.41) is 29.4. The SMILES string of the molecule is Cc1nc(CN2CCN([C@H](C(=O)N[C@@H](Cc3ccccc3)[C@H](O)CN(CC(C)C)S(=O)(=O)c3ccc(C=NO)cc3)C(C)C)C2=O)cs1. The van der Waals surface area contributed by atoms with Gasteiger partial charge in [-0.2, -0.15) is 4.31 Å². The van der Waals surface area contributed by atoms with E-state index >= 15 is 0 Å². The highest BCUT2D eigenvalue weighted by atomic mass is 32.2. The highest BCUT2D eigenvalue weighted by Crippen LogP contribution is 2.23. The van der Waals surface area contributed by atoms with Crippen molar-refractivity contribution in [2.45, 2.75) is 70.7 Å². The van der Waals surface area contributed by atoms with E-state index < -0.39 is 34.1 Å². The summed E-state index contributed by atoms with van der Waals surface area (Å²) < 4.78 is 28.9. The zero-order valence-corrected chi connectivity index (χ0v) is 29.7. The number of aryl methyl sites for hydroxylation is 1. The van der Waals surface area contributed by atoms with E-state index in [9.17, 15) is 23.1 Å². The fourth-order valence-corrected chi connectivity index (χ4v) is 8.09. The molecule has 48 heavy (non-hydrogen) atoms. The van der Waals surface area contributed by atoms with Crippen LogP contribution in [0, 0.1) is 18.8 Å². The van der Waals surface area contributed by atoms with E-state index in [4.69, 9.17) is 5.21 Å². The molecule has 2 aromatic carbocycles. The molecule has 0 radical (unpaired) electrons. The van der Waals surface area contributed by atoms with Crippen molar-refractivity contribution >= 4 is 39.5 Å². The quantitative estimate of drug-likeness (QED) is 0.116. The third kappa shape index (κ3) is 9.40. The van der Waals surface area contributed by atoms with Gasteiger partial charge in [-0.3, -0.25) is 4.79 Å². The molecule has 260 valence electrons. The second-order valence-electron chi connectivity index (χ2n) is 12.8. The van der Waals surface area contributed by atoms with Crippen LogP contribution in [-0.4, -0.2) is 100 Å². The molecule has 0 saturated carbocycles. The van der Waals surface area contributed by atoms with Crippen LogP contribution in [0.15, 0.2) is 70.0 Å². The van der Waals surface area contributed by atoms with Crippen molar-refractivity contribution in [2.24, 2.45) is 17.0 Å². The van der Waals surface area contributed by atoms with Crippen LogP contribution in [0.5, 0.6) is 0 Å². The summed E-state index contributed by atoms with van der Waals surface area (Å²) in [7, 11) is -4.05. The van der Waals surface area contributed by atoms with Crippen LogP contribution in [0.1, 0.15) is 49.5 Å². The van der Waals surface area contributed by atoms with E-state index in [0.717, 1.165) is 16.3 Å². The number of hydrogen-bond acceptors (Lipinski definition) is 9. The highest BCUT2D eigenvalue weighted by molar-refractivity contribution is 7.89. The fraction of sp³-hybridized carbons (Fsp3) is 0.471. The molecule has 0 spiro atoms. The number of hydrogen-bond donors (Lipinski definition) is 3. The van der Waals surface area contributed by atoms with Gasteiger partial charge in [0.25, 0.3) is 0 Å². The van der Waals surface area contributed by atoms with Gasteiger partial charge >= 0.3 is 6.03 Å². The number of carbonyl (C=O) groups is 2. The first-order valence-corrected chi connectivity index (χ1v) is 18.4. The van der Waals surface area contributed by atoms with E-state index in [0.29, 0.717) is 25.2 Å². The second kappa shape index (κ2) is 16.5. The van der Waals surface area contributed by atoms with Crippen molar-refractivity contribution in [3.05, 3.63) is 81.8 Å². The zero-order chi connectivity index (χ0) is 35.0. The number of aliphatic hydroxyl groups excluding tert-OH is 1. The van der Waals surface area contributed by atoms with Crippen molar-refractivity contribution in [2.75, 3.05) is 26.2 Å². The number of oxime groups is 1.